The minimum atomic E-state index is 0.329. The smallest absolute Gasteiger partial charge is 0.170 e. The first-order valence-corrected chi connectivity index (χ1v) is 5.42. The first-order valence-electron chi connectivity index (χ1n) is 4.63. The van der Waals surface area contributed by atoms with E-state index in [1.807, 2.05) is 0 Å². The summed E-state index contributed by atoms with van der Waals surface area (Å²) in [6.07, 6.45) is 2.71. The number of ether oxygens (including phenoxy) is 1. The van der Waals surface area contributed by atoms with Crippen LogP contribution in [0.2, 0.25) is 0 Å². The van der Waals surface area contributed by atoms with Crippen LogP contribution >= 0.6 is 15.9 Å². The summed E-state index contributed by atoms with van der Waals surface area (Å²) < 4.78 is 11.4. The SMILES string of the molecule is O=Cc1cc(Br)oc1C1CCOCC1. The monoisotopic (exact) mass is 258 g/mol. The van der Waals surface area contributed by atoms with Crippen molar-refractivity contribution in [2.24, 2.45) is 0 Å². The predicted molar refractivity (Wildman–Crippen MR) is 54.6 cm³/mol. The highest BCUT2D eigenvalue weighted by molar-refractivity contribution is 9.10. The molecule has 0 saturated carbocycles. The first kappa shape index (κ1) is 9.93. The van der Waals surface area contributed by atoms with Crippen LogP contribution in [0.4, 0.5) is 0 Å². The molecule has 1 fully saturated rings. The molecule has 0 radical (unpaired) electrons. The quantitative estimate of drug-likeness (QED) is 0.766. The van der Waals surface area contributed by atoms with Gasteiger partial charge in [-0.25, -0.2) is 0 Å². The molecule has 0 aromatic carbocycles. The van der Waals surface area contributed by atoms with Gasteiger partial charge in [0.2, 0.25) is 0 Å². The minimum absolute atomic E-state index is 0.329. The molecular formula is C10H11BrO3. The summed E-state index contributed by atoms with van der Waals surface area (Å²) in [5.74, 6) is 1.13. The van der Waals surface area contributed by atoms with Crippen LogP contribution in [0.15, 0.2) is 15.2 Å². The van der Waals surface area contributed by atoms with Crippen LogP contribution in [-0.2, 0) is 4.74 Å². The van der Waals surface area contributed by atoms with Crippen LogP contribution in [0.25, 0.3) is 0 Å². The summed E-state index contributed by atoms with van der Waals surface area (Å²) >= 11 is 3.23. The summed E-state index contributed by atoms with van der Waals surface area (Å²) in [6, 6.07) is 1.72. The van der Waals surface area contributed by atoms with E-state index in [0.29, 0.717) is 16.2 Å². The molecule has 14 heavy (non-hydrogen) atoms. The molecule has 1 aromatic heterocycles. The van der Waals surface area contributed by atoms with E-state index >= 15 is 0 Å². The highest BCUT2D eigenvalue weighted by Crippen LogP contribution is 2.32. The van der Waals surface area contributed by atoms with Crippen LogP contribution < -0.4 is 0 Å². The zero-order valence-corrected chi connectivity index (χ0v) is 9.25. The Morgan fingerprint density at radius 2 is 2.14 bits per heavy atom. The Morgan fingerprint density at radius 3 is 2.79 bits per heavy atom. The maximum atomic E-state index is 10.8. The van der Waals surface area contributed by atoms with Crippen molar-refractivity contribution in [1.82, 2.24) is 0 Å². The van der Waals surface area contributed by atoms with Gasteiger partial charge >= 0.3 is 0 Å². The summed E-state index contributed by atoms with van der Waals surface area (Å²) in [6.45, 7) is 1.50. The normalized spacial score (nSPS) is 18.4. The third-order valence-corrected chi connectivity index (χ3v) is 2.87. The fourth-order valence-corrected chi connectivity index (χ4v) is 2.18. The van der Waals surface area contributed by atoms with Crippen molar-refractivity contribution in [3.05, 3.63) is 22.1 Å². The van der Waals surface area contributed by atoms with Gasteiger partial charge in [0.1, 0.15) is 5.76 Å². The first-order chi connectivity index (χ1) is 6.81. The van der Waals surface area contributed by atoms with E-state index in [4.69, 9.17) is 9.15 Å². The largest absolute Gasteiger partial charge is 0.453 e. The van der Waals surface area contributed by atoms with E-state index in [1.165, 1.54) is 0 Å². The molecule has 2 rings (SSSR count). The maximum Gasteiger partial charge on any atom is 0.170 e. The Bertz CT molecular complexity index is 326. The topological polar surface area (TPSA) is 39.4 Å². The van der Waals surface area contributed by atoms with Crippen molar-refractivity contribution in [3.63, 3.8) is 0 Å². The molecule has 0 bridgehead atoms. The van der Waals surface area contributed by atoms with Crippen molar-refractivity contribution in [2.45, 2.75) is 18.8 Å². The van der Waals surface area contributed by atoms with Gasteiger partial charge in [-0.1, -0.05) is 0 Å². The van der Waals surface area contributed by atoms with Crippen molar-refractivity contribution < 1.29 is 13.9 Å². The number of aldehydes is 1. The summed E-state index contributed by atoms with van der Waals surface area (Å²) in [4.78, 5) is 10.8. The molecule has 1 aliphatic heterocycles. The van der Waals surface area contributed by atoms with E-state index in [2.05, 4.69) is 15.9 Å². The molecule has 0 spiro atoms. The van der Waals surface area contributed by atoms with Gasteiger partial charge in [0, 0.05) is 25.2 Å². The van der Waals surface area contributed by atoms with Crippen LogP contribution in [0.1, 0.15) is 34.9 Å². The van der Waals surface area contributed by atoms with Crippen LogP contribution in [0, 0.1) is 0 Å². The summed E-state index contributed by atoms with van der Waals surface area (Å²) in [7, 11) is 0. The molecule has 0 unspecified atom stereocenters. The number of furan rings is 1. The number of halogens is 1. The lowest BCUT2D eigenvalue weighted by molar-refractivity contribution is 0.0800. The van der Waals surface area contributed by atoms with Gasteiger partial charge in [-0.2, -0.15) is 0 Å². The van der Waals surface area contributed by atoms with Crippen molar-refractivity contribution in [2.75, 3.05) is 13.2 Å². The third kappa shape index (κ3) is 1.91. The van der Waals surface area contributed by atoms with Gasteiger partial charge in [-0.3, -0.25) is 4.79 Å². The molecule has 3 nitrogen and oxygen atoms in total. The third-order valence-electron chi connectivity index (χ3n) is 2.48. The van der Waals surface area contributed by atoms with E-state index in [9.17, 15) is 4.79 Å². The second-order valence-corrected chi connectivity index (χ2v) is 4.16. The van der Waals surface area contributed by atoms with Crippen LogP contribution in [0.5, 0.6) is 0 Å². The molecule has 1 saturated heterocycles. The van der Waals surface area contributed by atoms with E-state index in [-0.39, 0.29) is 0 Å². The lowest BCUT2D eigenvalue weighted by Crippen LogP contribution is -2.14. The second-order valence-electron chi connectivity index (χ2n) is 3.37. The molecule has 0 aliphatic carbocycles. The Labute approximate surface area is 90.6 Å². The second kappa shape index (κ2) is 4.28. The maximum absolute atomic E-state index is 10.8. The molecule has 4 heteroatoms. The van der Waals surface area contributed by atoms with Gasteiger partial charge in [0.15, 0.2) is 11.0 Å². The Kier molecular flexibility index (Phi) is 3.03. The number of carbonyl (C=O) groups is 1. The molecule has 0 amide bonds. The summed E-state index contributed by atoms with van der Waals surface area (Å²) in [5, 5.41) is 0. The molecular weight excluding hydrogens is 248 g/mol. The number of hydrogen-bond acceptors (Lipinski definition) is 3. The summed E-state index contributed by atoms with van der Waals surface area (Å²) in [5.41, 5.74) is 0.656. The highest BCUT2D eigenvalue weighted by atomic mass is 79.9. The standard InChI is InChI=1S/C10H11BrO3/c11-9-5-8(6-12)10(14-9)7-1-3-13-4-2-7/h5-7H,1-4H2. The van der Waals surface area contributed by atoms with Gasteiger partial charge in [0.05, 0.1) is 5.56 Å². The van der Waals surface area contributed by atoms with Gasteiger partial charge in [-0.05, 0) is 28.8 Å². The Morgan fingerprint density at radius 1 is 1.43 bits per heavy atom. The Balaban J connectivity index is 2.24. The zero-order chi connectivity index (χ0) is 9.97. The highest BCUT2D eigenvalue weighted by Gasteiger charge is 2.22. The molecule has 0 atom stereocenters. The van der Waals surface area contributed by atoms with E-state index < -0.39 is 0 Å². The lowest BCUT2D eigenvalue weighted by Gasteiger charge is -2.20. The van der Waals surface area contributed by atoms with Gasteiger partial charge in [0.25, 0.3) is 0 Å². The molecule has 76 valence electrons. The van der Waals surface area contributed by atoms with Gasteiger partial charge < -0.3 is 9.15 Å². The molecule has 1 aromatic rings. The van der Waals surface area contributed by atoms with E-state index in [0.717, 1.165) is 38.1 Å². The van der Waals surface area contributed by atoms with Gasteiger partial charge in [-0.15, -0.1) is 0 Å². The lowest BCUT2D eigenvalue weighted by atomic mass is 9.95. The van der Waals surface area contributed by atoms with Crippen LogP contribution in [0.3, 0.4) is 0 Å². The molecule has 1 aliphatic rings. The molecule has 2 heterocycles. The zero-order valence-electron chi connectivity index (χ0n) is 7.66. The van der Waals surface area contributed by atoms with E-state index in [1.54, 1.807) is 6.07 Å². The minimum Gasteiger partial charge on any atom is -0.453 e. The number of carbonyl (C=O) groups excluding carboxylic acids is 1. The average Bonchev–Trinajstić information content (AvgIpc) is 2.61. The van der Waals surface area contributed by atoms with Crippen molar-refractivity contribution in [1.29, 1.82) is 0 Å². The number of rotatable bonds is 2. The molecule has 0 N–H and O–H groups in total. The predicted octanol–water partition coefficient (Wildman–Crippen LogP) is 2.75. The average molecular weight is 259 g/mol. The fraction of sp³-hybridized carbons (Fsp3) is 0.500. The number of hydrogen-bond donors (Lipinski definition) is 0. The van der Waals surface area contributed by atoms with Crippen LogP contribution in [-0.4, -0.2) is 19.5 Å². The fourth-order valence-electron chi connectivity index (χ4n) is 1.76. The Hall–Kier alpha value is -0.610. The van der Waals surface area contributed by atoms with Crippen molar-refractivity contribution >= 4 is 22.2 Å². The van der Waals surface area contributed by atoms with Crippen molar-refractivity contribution in [3.8, 4) is 0 Å².